The number of hydrogen-bond acceptors (Lipinski definition) is 2. The van der Waals surface area contributed by atoms with Crippen LogP contribution in [0.25, 0.3) is 0 Å². The van der Waals surface area contributed by atoms with E-state index in [-0.39, 0.29) is 0 Å². The number of benzene rings is 1. The number of aliphatic hydroxyl groups excluding tert-OH is 1. The van der Waals surface area contributed by atoms with E-state index in [0.717, 1.165) is 17.7 Å². The van der Waals surface area contributed by atoms with Gasteiger partial charge < -0.3 is 9.84 Å². The third-order valence-electron chi connectivity index (χ3n) is 2.66. The van der Waals surface area contributed by atoms with Gasteiger partial charge in [-0.25, -0.2) is 0 Å². The minimum Gasteiger partial charge on any atom is -0.497 e. The minimum absolute atomic E-state index is 0.458. The minimum atomic E-state index is -0.458. The summed E-state index contributed by atoms with van der Waals surface area (Å²) in [6, 6.07) is 7.50. The molecule has 92 valence electrons. The van der Waals surface area contributed by atoms with Crippen molar-refractivity contribution in [3.8, 4) is 5.75 Å². The standard InChI is InChI=1S/C15H20O2/c1-4-5-12(2)6-11-15(16)13-7-9-14(17-3)10-8-13/h4,6-10,15-16H,1,5,11H2,2-3H3/b12-6-/t15-/m0/s1. The molecule has 0 aliphatic carbocycles. The largest absolute Gasteiger partial charge is 0.497 e. The molecule has 1 aromatic rings. The molecule has 1 rings (SSSR count). The van der Waals surface area contributed by atoms with Gasteiger partial charge in [0.1, 0.15) is 5.75 Å². The SMILES string of the molecule is C=CC/C(C)=C\C[C@H](O)c1ccc(OC)cc1. The lowest BCUT2D eigenvalue weighted by atomic mass is 10.0. The third kappa shape index (κ3) is 4.45. The number of hydrogen-bond donors (Lipinski definition) is 1. The zero-order valence-electron chi connectivity index (χ0n) is 10.5. The first-order valence-corrected chi connectivity index (χ1v) is 5.76. The van der Waals surface area contributed by atoms with E-state index in [0.29, 0.717) is 6.42 Å². The van der Waals surface area contributed by atoms with E-state index in [4.69, 9.17) is 4.74 Å². The number of allylic oxidation sites excluding steroid dienone is 2. The molecule has 0 amide bonds. The summed E-state index contributed by atoms with van der Waals surface area (Å²) >= 11 is 0. The van der Waals surface area contributed by atoms with Crippen LogP contribution in [0.1, 0.15) is 31.4 Å². The van der Waals surface area contributed by atoms with Gasteiger partial charge in [-0.2, -0.15) is 0 Å². The Bertz CT molecular complexity index is 376. The van der Waals surface area contributed by atoms with Crippen LogP contribution in [-0.2, 0) is 0 Å². The highest BCUT2D eigenvalue weighted by Crippen LogP contribution is 2.21. The molecule has 0 bridgehead atoms. The van der Waals surface area contributed by atoms with Crippen molar-refractivity contribution in [2.24, 2.45) is 0 Å². The normalized spacial score (nSPS) is 13.2. The van der Waals surface area contributed by atoms with Crippen LogP contribution < -0.4 is 4.74 Å². The molecule has 2 heteroatoms. The van der Waals surface area contributed by atoms with E-state index >= 15 is 0 Å². The van der Waals surface area contributed by atoms with Crippen molar-refractivity contribution in [3.05, 3.63) is 54.1 Å². The Balaban J connectivity index is 2.59. The predicted molar refractivity (Wildman–Crippen MR) is 71.1 cm³/mol. The van der Waals surface area contributed by atoms with E-state index in [1.54, 1.807) is 7.11 Å². The zero-order valence-corrected chi connectivity index (χ0v) is 10.5. The zero-order chi connectivity index (χ0) is 12.7. The van der Waals surface area contributed by atoms with Gasteiger partial charge in [-0.3, -0.25) is 0 Å². The summed E-state index contributed by atoms with van der Waals surface area (Å²) in [5.74, 6) is 0.805. The lowest BCUT2D eigenvalue weighted by Gasteiger charge is -2.09. The number of ether oxygens (including phenoxy) is 1. The Morgan fingerprint density at radius 3 is 2.59 bits per heavy atom. The average Bonchev–Trinajstić information content (AvgIpc) is 2.36. The predicted octanol–water partition coefficient (Wildman–Crippen LogP) is 3.64. The van der Waals surface area contributed by atoms with Crippen molar-refractivity contribution in [2.75, 3.05) is 7.11 Å². The van der Waals surface area contributed by atoms with Crippen LogP contribution in [0.3, 0.4) is 0 Å². The molecule has 2 nitrogen and oxygen atoms in total. The number of aliphatic hydroxyl groups is 1. The van der Waals surface area contributed by atoms with Crippen molar-refractivity contribution in [2.45, 2.75) is 25.9 Å². The maximum Gasteiger partial charge on any atom is 0.118 e. The Hall–Kier alpha value is -1.54. The van der Waals surface area contributed by atoms with E-state index in [9.17, 15) is 5.11 Å². The quantitative estimate of drug-likeness (QED) is 0.759. The molecule has 0 aromatic heterocycles. The van der Waals surface area contributed by atoms with Crippen LogP contribution in [0.2, 0.25) is 0 Å². The summed E-state index contributed by atoms with van der Waals surface area (Å²) in [6.45, 7) is 5.73. The second kappa shape index (κ2) is 6.92. The van der Waals surface area contributed by atoms with E-state index < -0.39 is 6.10 Å². The van der Waals surface area contributed by atoms with E-state index in [1.807, 2.05) is 37.3 Å². The van der Waals surface area contributed by atoms with Crippen molar-refractivity contribution in [1.29, 1.82) is 0 Å². The monoisotopic (exact) mass is 232 g/mol. The second-order valence-corrected chi connectivity index (χ2v) is 4.07. The van der Waals surface area contributed by atoms with Crippen molar-refractivity contribution in [3.63, 3.8) is 0 Å². The molecule has 0 fully saturated rings. The Morgan fingerprint density at radius 1 is 1.41 bits per heavy atom. The van der Waals surface area contributed by atoms with E-state index in [1.165, 1.54) is 5.57 Å². The van der Waals surface area contributed by atoms with E-state index in [2.05, 4.69) is 12.7 Å². The van der Waals surface area contributed by atoms with Gasteiger partial charge in [0.25, 0.3) is 0 Å². The van der Waals surface area contributed by atoms with Gasteiger partial charge in [-0.05, 0) is 37.5 Å². The molecule has 1 aromatic carbocycles. The van der Waals surface area contributed by atoms with Crippen LogP contribution in [0.15, 0.2) is 48.6 Å². The number of methoxy groups -OCH3 is 1. The van der Waals surface area contributed by atoms with Gasteiger partial charge in [-0.1, -0.05) is 29.9 Å². The molecular formula is C15H20O2. The molecular weight excluding hydrogens is 212 g/mol. The maximum atomic E-state index is 9.99. The van der Waals surface area contributed by atoms with Crippen molar-refractivity contribution < 1.29 is 9.84 Å². The molecule has 0 saturated heterocycles. The summed E-state index contributed by atoms with van der Waals surface area (Å²) < 4.78 is 5.07. The van der Waals surface area contributed by atoms with Crippen LogP contribution in [0, 0.1) is 0 Å². The highest BCUT2D eigenvalue weighted by atomic mass is 16.5. The molecule has 0 aliphatic heterocycles. The second-order valence-electron chi connectivity index (χ2n) is 4.07. The fourth-order valence-corrected chi connectivity index (χ4v) is 1.59. The average molecular weight is 232 g/mol. The highest BCUT2D eigenvalue weighted by Gasteiger charge is 2.05. The lowest BCUT2D eigenvalue weighted by molar-refractivity contribution is 0.181. The highest BCUT2D eigenvalue weighted by molar-refractivity contribution is 5.28. The Labute approximate surface area is 103 Å². The lowest BCUT2D eigenvalue weighted by Crippen LogP contribution is -1.96. The summed E-state index contributed by atoms with van der Waals surface area (Å²) in [5, 5.41) is 9.99. The van der Waals surface area contributed by atoms with Crippen molar-refractivity contribution >= 4 is 0 Å². The van der Waals surface area contributed by atoms with Gasteiger partial charge in [-0.15, -0.1) is 6.58 Å². The molecule has 1 atom stereocenters. The molecule has 0 spiro atoms. The van der Waals surface area contributed by atoms with Crippen molar-refractivity contribution in [1.82, 2.24) is 0 Å². The van der Waals surface area contributed by atoms with Crippen LogP contribution in [0.4, 0.5) is 0 Å². The first-order chi connectivity index (χ1) is 8.17. The first-order valence-electron chi connectivity index (χ1n) is 5.76. The Morgan fingerprint density at radius 2 is 2.06 bits per heavy atom. The smallest absolute Gasteiger partial charge is 0.118 e. The topological polar surface area (TPSA) is 29.5 Å². The van der Waals surface area contributed by atoms with Gasteiger partial charge in [0, 0.05) is 0 Å². The maximum absolute atomic E-state index is 9.99. The van der Waals surface area contributed by atoms with Gasteiger partial charge in [0.05, 0.1) is 13.2 Å². The summed E-state index contributed by atoms with van der Waals surface area (Å²) in [4.78, 5) is 0. The molecule has 17 heavy (non-hydrogen) atoms. The fraction of sp³-hybridized carbons (Fsp3) is 0.333. The van der Waals surface area contributed by atoms with Crippen LogP contribution >= 0.6 is 0 Å². The Kier molecular flexibility index (Phi) is 5.50. The first kappa shape index (κ1) is 13.5. The molecule has 0 unspecified atom stereocenters. The molecule has 0 heterocycles. The van der Waals surface area contributed by atoms with Crippen LogP contribution in [0.5, 0.6) is 5.75 Å². The van der Waals surface area contributed by atoms with Gasteiger partial charge >= 0.3 is 0 Å². The summed E-state index contributed by atoms with van der Waals surface area (Å²) in [5.41, 5.74) is 2.14. The summed E-state index contributed by atoms with van der Waals surface area (Å²) in [7, 11) is 1.63. The van der Waals surface area contributed by atoms with Gasteiger partial charge in [0.2, 0.25) is 0 Å². The third-order valence-corrected chi connectivity index (χ3v) is 2.66. The molecule has 1 N–H and O–H groups in total. The molecule has 0 aliphatic rings. The van der Waals surface area contributed by atoms with Crippen LogP contribution in [-0.4, -0.2) is 12.2 Å². The summed E-state index contributed by atoms with van der Waals surface area (Å²) in [6.07, 6.45) is 4.96. The number of rotatable bonds is 6. The fourth-order valence-electron chi connectivity index (χ4n) is 1.59. The molecule has 0 radical (unpaired) electrons. The van der Waals surface area contributed by atoms with Gasteiger partial charge in [0.15, 0.2) is 0 Å². The molecule has 0 saturated carbocycles.